The molecule has 156 valence electrons. The number of nitrogens with zero attached hydrogens (tertiary/aromatic N) is 3. The van der Waals surface area contributed by atoms with Crippen LogP contribution in [0.2, 0.25) is 0 Å². The maximum absolute atomic E-state index is 12.8. The van der Waals surface area contributed by atoms with Crippen LogP contribution in [0.4, 0.5) is 0 Å². The monoisotopic (exact) mass is 408 g/mol. The van der Waals surface area contributed by atoms with Gasteiger partial charge < -0.3 is 26.1 Å². The van der Waals surface area contributed by atoms with Crippen molar-refractivity contribution in [2.45, 2.75) is 24.9 Å². The summed E-state index contributed by atoms with van der Waals surface area (Å²) in [5.74, 6) is -0.633. The number of rotatable bonds is 8. The van der Waals surface area contributed by atoms with Crippen LogP contribution >= 0.6 is 0 Å². The highest BCUT2D eigenvalue weighted by molar-refractivity contribution is 5.97. The molecule has 9 nitrogen and oxygen atoms in total. The first-order chi connectivity index (χ1) is 14.5. The summed E-state index contributed by atoms with van der Waals surface area (Å²) in [4.78, 5) is 33.3. The van der Waals surface area contributed by atoms with E-state index in [4.69, 9.17) is 16.2 Å². The summed E-state index contributed by atoms with van der Waals surface area (Å²) >= 11 is 0. The third-order valence-corrected chi connectivity index (χ3v) is 4.52. The van der Waals surface area contributed by atoms with Crippen molar-refractivity contribution in [3.63, 3.8) is 0 Å². The fourth-order valence-electron chi connectivity index (χ4n) is 3.00. The minimum Gasteiger partial charge on any atom is -0.423 e. The van der Waals surface area contributed by atoms with E-state index < -0.39 is 11.5 Å². The highest BCUT2D eigenvalue weighted by Gasteiger charge is 2.37. The van der Waals surface area contributed by atoms with E-state index in [0.29, 0.717) is 24.3 Å². The van der Waals surface area contributed by atoms with Gasteiger partial charge in [0.05, 0.1) is 11.9 Å². The second-order valence-corrected chi connectivity index (χ2v) is 6.77. The van der Waals surface area contributed by atoms with Crippen molar-refractivity contribution in [1.82, 2.24) is 14.9 Å². The largest absolute Gasteiger partial charge is 0.423 e. The molecule has 0 bridgehead atoms. The van der Waals surface area contributed by atoms with Crippen LogP contribution in [0.5, 0.6) is 5.75 Å². The third-order valence-electron chi connectivity index (χ3n) is 4.52. The molecule has 1 aromatic carbocycles. The predicted octanol–water partition coefficient (Wildman–Crippen LogP) is 0.894. The SMILES string of the molecule is NC(N)=NC1(C(=O)NCCCn2ccnc2)C=CC(C(=O)Oc2ccccc2)=CC1. The number of amides is 1. The first kappa shape index (κ1) is 20.8. The Morgan fingerprint density at radius 3 is 2.70 bits per heavy atom. The van der Waals surface area contributed by atoms with Gasteiger partial charge in [-0.05, 0) is 30.7 Å². The number of carbonyl (C=O) groups is 2. The van der Waals surface area contributed by atoms with E-state index in [1.165, 1.54) is 12.2 Å². The molecule has 0 saturated carbocycles. The maximum atomic E-state index is 12.8. The number of nitrogens with one attached hydrogen (secondary N) is 1. The molecule has 1 amide bonds. The van der Waals surface area contributed by atoms with Crippen LogP contribution in [0.25, 0.3) is 0 Å². The molecule has 1 heterocycles. The van der Waals surface area contributed by atoms with Gasteiger partial charge in [0.25, 0.3) is 5.91 Å². The topological polar surface area (TPSA) is 138 Å². The number of hydrogen-bond donors (Lipinski definition) is 3. The highest BCUT2D eigenvalue weighted by atomic mass is 16.5. The summed E-state index contributed by atoms with van der Waals surface area (Å²) in [6.45, 7) is 1.17. The van der Waals surface area contributed by atoms with Crippen molar-refractivity contribution in [1.29, 1.82) is 0 Å². The first-order valence-electron chi connectivity index (χ1n) is 9.50. The number of aryl methyl sites for hydroxylation is 1. The number of aliphatic imine (C=N–C) groups is 1. The predicted molar refractivity (Wildman–Crippen MR) is 112 cm³/mol. The molecule has 1 atom stereocenters. The number of guanidine groups is 1. The lowest BCUT2D eigenvalue weighted by Crippen LogP contribution is -2.47. The molecular formula is C21H24N6O3. The lowest BCUT2D eigenvalue weighted by Gasteiger charge is -2.27. The van der Waals surface area contributed by atoms with Crippen molar-refractivity contribution in [3.8, 4) is 5.75 Å². The summed E-state index contributed by atoms with van der Waals surface area (Å²) in [7, 11) is 0. The third kappa shape index (κ3) is 5.34. The Labute approximate surface area is 174 Å². The molecule has 2 aromatic rings. The molecule has 30 heavy (non-hydrogen) atoms. The van der Waals surface area contributed by atoms with E-state index in [1.807, 2.05) is 16.8 Å². The Hall–Kier alpha value is -3.88. The normalized spacial score (nSPS) is 17.7. The molecule has 0 aliphatic heterocycles. The average Bonchev–Trinajstić information content (AvgIpc) is 3.25. The first-order valence-corrected chi connectivity index (χ1v) is 9.50. The smallest absolute Gasteiger partial charge is 0.343 e. The Morgan fingerprint density at radius 1 is 1.27 bits per heavy atom. The van der Waals surface area contributed by atoms with E-state index in [2.05, 4.69) is 15.3 Å². The van der Waals surface area contributed by atoms with Crippen LogP contribution in [0.15, 0.2) is 77.8 Å². The van der Waals surface area contributed by atoms with Crippen LogP contribution in [-0.2, 0) is 16.1 Å². The van der Waals surface area contributed by atoms with Gasteiger partial charge >= 0.3 is 5.97 Å². The summed E-state index contributed by atoms with van der Waals surface area (Å²) in [6.07, 6.45) is 10.8. The zero-order valence-corrected chi connectivity index (χ0v) is 16.4. The van der Waals surface area contributed by atoms with Crippen LogP contribution < -0.4 is 21.5 Å². The molecule has 0 spiro atoms. The van der Waals surface area contributed by atoms with Gasteiger partial charge in [-0.15, -0.1) is 0 Å². The summed E-state index contributed by atoms with van der Waals surface area (Å²) in [6, 6.07) is 8.75. The van der Waals surface area contributed by atoms with Crippen LogP contribution in [0, 0.1) is 0 Å². The van der Waals surface area contributed by atoms with Crippen LogP contribution in [0.1, 0.15) is 12.8 Å². The van der Waals surface area contributed by atoms with Gasteiger partial charge in [-0.25, -0.2) is 14.8 Å². The second kappa shape index (κ2) is 9.55. The summed E-state index contributed by atoms with van der Waals surface area (Å²) in [5, 5.41) is 2.86. The molecule has 1 aliphatic carbocycles. The Morgan fingerprint density at radius 2 is 2.07 bits per heavy atom. The van der Waals surface area contributed by atoms with Gasteiger partial charge in [-0.2, -0.15) is 0 Å². The summed E-state index contributed by atoms with van der Waals surface area (Å²) < 4.78 is 7.25. The zero-order valence-electron chi connectivity index (χ0n) is 16.4. The molecular weight excluding hydrogens is 384 g/mol. The molecule has 1 aromatic heterocycles. The number of para-hydroxylation sites is 1. The molecule has 0 radical (unpaired) electrons. The van der Waals surface area contributed by atoms with Gasteiger partial charge in [0.15, 0.2) is 11.5 Å². The van der Waals surface area contributed by atoms with E-state index in [-0.39, 0.29) is 18.3 Å². The maximum Gasteiger partial charge on any atom is 0.343 e. The van der Waals surface area contributed by atoms with Crippen LogP contribution in [0.3, 0.4) is 0 Å². The lowest BCUT2D eigenvalue weighted by atomic mass is 9.88. The van der Waals surface area contributed by atoms with Crippen molar-refractivity contribution in [2.75, 3.05) is 6.54 Å². The molecule has 0 saturated heterocycles. The standard InChI is InChI=1S/C21H24N6O3/c22-20(23)26-21(19(29)25-11-4-13-27-14-12-24-15-27)9-7-16(8-10-21)18(28)30-17-5-2-1-3-6-17/h1-3,5-9,12,14-15H,4,10-11,13H2,(H,25,29)(H4,22,23,26). The Kier molecular flexibility index (Phi) is 6.63. The molecule has 3 rings (SSSR count). The quantitative estimate of drug-likeness (QED) is 0.195. The Balaban J connectivity index is 1.61. The number of esters is 1. The van der Waals surface area contributed by atoms with Gasteiger partial charge in [-0.1, -0.05) is 24.3 Å². The van der Waals surface area contributed by atoms with E-state index in [9.17, 15) is 9.59 Å². The number of imidazole rings is 1. The Bertz CT molecular complexity index is 962. The lowest BCUT2D eigenvalue weighted by molar-refractivity contribution is -0.130. The fourth-order valence-corrected chi connectivity index (χ4v) is 3.00. The minimum absolute atomic E-state index is 0.133. The number of nitrogens with two attached hydrogens (primary N) is 2. The molecule has 1 unspecified atom stereocenters. The van der Waals surface area contributed by atoms with Gasteiger partial charge in [0.2, 0.25) is 0 Å². The minimum atomic E-state index is -1.30. The number of hydrogen-bond acceptors (Lipinski definition) is 5. The molecule has 0 fully saturated rings. The van der Waals surface area contributed by atoms with Crippen molar-refractivity contribution < 1.29 is 14.3 Å². The van der Waals surface area contributed by atoms with Crippen molar-refractivity contribution in [2.24, 2.45) is 16.5 Å². The number of benzene rings is 1. The molecule has 9 heteroatoms. The van der Waals surface area contributed by atoms with E-state index >= 15 is 0 Å². The number of carbonyl (C=O) groups excluding carboxylic acids is 2. The highest BCUT2D eigenvalue weighted by Crippen LogP contribution is 2.26. The average molecular weight is 408 g/mol. The second-order valence-electron chi connectivity index (χ2n) is 6.77. The number of ether oxygens (including phenoxy) is 1. The number of aromatic nitrogens is 2. The van der Waals surface area contributed by atoms with Crippen molar-refractivity contribution in [3.05, 3.63) is 72.9 Å². The molecule has 5 N–H and O–H groups in total. The van der Waals surface area contributed by atoms with Gasteiger partial charge in [-0.3, -0.25) is 4.79 Å². The van der Waals surface area contributed by atoms with Crippen molar-refractivity contribution >= 4 is 17.8 Å². The van der Waals surface area contributed by atoms with Gasteiger partial charge in [0.1, 0.15) is 5.75 Å². The van der Waals surface area contributed by atoms with E-state index in [1.54, 1.807) is 42.9 Å². The van der Waals surface area contributed by atoms with Crippen LogP contribution in [-0.4, -0.2) is 39.5 Å². The zero-order chi connectivity index (χ0) is 21.4. The van der Waals surface area contributed by atoms with Gasteiger partial charge in [0, 0.05) is 31.9 Å². The molecule has 1 aliphatic rings. The fraction of sp³-hybridized carbons (Fsp3) is 0.238. The summed E-state index contributed by atoms with van der Waals surface area (Å²) in [5.41, 5.74) is 10.1. The van der Waals surface area contributed by atoms with E-state index in [0.717, 1.165) is 6.54 Å².